The highest BCUT2D eigenvalue weighted by Gasteiger charge is 2.32. The van der Waals surface area contributed by atoms with Gasteiger partial charge in [0.1, 0.15) is 5.56 Å². The maximum absolute atomic E-state index is 11.4. The highest BCUT2D eigenvalue weighted by molar-refractivity contribution is 6.34. The van der Waals surface area contributed by atoms with Crippen LogP contribution in [0.15, 0.2) is 18.2 Å². The molecule has 0 aliphatic carbocycles. The summed E-state index contributed by atoms with van der Waals surface area (Å²) >= 11 is 6.03. The zero-order valence-electron chi connectivity index (χ0n) is 11.5. The molecule has 0 unspecified atom stereocenters. The molecule has 1 fully saturated rings. The molecule has 1 heterocycles. The molecule has 1 aromatic rings. The molecule has 0 radical (unpaired) electrons. The second kappa shape index (κ2) is 5.02. The van der Waals surface area contributed by atoms with Crippen molar-refractivity contribution < 1.29 is 9.90 Å². The Morgan fingerprint density at radius 2 is 2.05 bits per heavy atom. The molecule has 0 amide bonds. The van der Waals surface area contributed by atoms with Crippen LogP contribution in [0.5, 0.6) is 0 Å². The average Bonchev–Trinajstić information content (AvgIpc) is 2.31. The third-order valence-electron chi connectivity index (χ3n) is 3.86. The third-order valence-corrected chi connectivity index (χ3v) is 4.18. The first kappa shape index (κ1) is 14.2. The number of benzene rings is 1. The van der Waals surface area contributed by atoms with Gasteiger partial charge < -0.3 is 10.0 Å². The first-order valence-corrected chi connectivity index (χ1v) is 6.69. The molecule has 0 spiro atoms. The second-order valence-corrected chi connectivity index (χ2v) is 6.00. The van der Waals surface area contributed by atoms with Gasteiger partial charge in [-0.3, -0.25) is 4.90 Å². The van der Waals surface area contributed by atoms with Crippen LogP contribution in [-0.2, 0) is 0 Å². The average molecular weight is 283 g/mol. The van der Waals surface area contributed by atoms with Gasteiger partial charge in [-0.1, -0.05) is 17.7 Å². The first-order chi connectivity index (χ1) is 8.83. The SMILES string of the molecule is CN1CCN(c2cccc(Cl)c2C(=O)O)CC1(C)C. The first-order valence-electron chi connectivity index (χ1n) is 6.31. The fourth-order valence-corrected chi connectivity index (χ4v) is 2.68. The number of likely N-dealkylation sites (N-methyl/N-ethyl adjacent to an activating group) is 1. The fourth-order valence-electron chi connectivity index (χ4n) is 2.43. The van der Waals surface area contributed by atoms with E-state index in [4.69, 9.17) is 11.6 Å². The van der Waals surface area contributed by atoms with Crippen molar-refractivity contribution in [2.75, 3.05) is 31.6 Å². The lowest BCUT2D eigenvalue weighted by Gasteiger charge is -2.46. The highest BCUT2D eigenvalue weighted by Crippen LogP contribution is 2.31. The molecule has 1 aromatic carbocycles. The Kier molecular flexibility index (Phi) is 3.74. The Balaban J connectivity index is 2.38. The number of piperazine rings is 1. The number of anilines is 1. The number of hydrogen-bond donors (Lipinski definition) is 1. The number of carbonyl (C=O) groups is 1. The van der Waals surface area contributed by atoms with E-state index in [1.54, 1.807) is 12.1 Å². The molecule has 0 aromatic heterocycles. The van der Waals surface area contributed by atoms with Crippen LogP contribution in [0.1, 0.15) is 24.2 Å². The van der Waals surface area contributed by atoms with E-state index >= 15 is 0 Å². The van der Waals surface area contributed by atoms with Crippen molar-refractivity contribution in [2.24, 2.45) is 0 Å². The Morgan fingerprint density at radius 1 is 1.37 bits per heavy atom. The van der Waals surface area contributed by atoms with Crippen LogP contribution in [0.3, 0.4) is 0 Å². The van der Waals surface area contributed by atoms with E-state index in [0.29, 0.717) is 10.7 Å². The molecule has 1 N–H and O–H groups in total. The van der Waals surface area contributed by atoms with Crippen molar-refractivity contribution in [3.05, 3.63) is 28.8 Å². The van der Waals surface area contributed by atoms with Gasteiger partial charge in [0.2, 0.25) is 0 Å². The molecule has 0 bridgehead atoms. The van der Waals surface area contributed by atoms with Crippen LogP contribution in [-0.4, -0.2) is 48.2 Å². The van der Waals surface area contributed by atoms with Crippen LogP contribution < -0.4 is 4.90 Å². The molecule has 1 aliphatic heterocycles. The second-order valence-electron chi connectivity index (χ2n) is 5.59. The standard InChI is InChI=1S/C14H19ClN2O2/c1-14(2)9-17(8-7-16(14)3)11-6-4-5-10(15)12(11)13(18)19/h4-6H,7-9H2,1-3H3,(H,18,19). The number of nitrogens with zero attached hydrogens (tertiary/aromatic N) is 2. The molecule has 2 rings (SSSR count). The summed E-state index contributed by atoms with van der Waals surface area (Å²) in [5.74, 6) is -0.975. The van der Waals surface area contributed by atoms with Crippen molar-refractivity contribution >= 4 is 23.3 Å². The lowest BCUT2D eigenvalue weighted by atomic mass is 9.98. The highest BCUT2D eigenvalue weighted by atomic mass is 35.5. The molecular formula is C14H19ClN2O2. The van der Waals surface area contributed by atoms with Crippen molar-refractivity contribution in [1.82, 2.24) is 4.90 Å². The van der Waals surface area contributed by atoms with Gasteiger partial charge >= 0.3 is 5.97 Å². The summed E-state index contributed by atoms with van der Waals surface area (Å²) in [6.45, 7) is 6.80. The van der Waals surface area contributed by atoms with Crippen molar-refractivity contribution in [1.29, 1.82) is 0 Å². The topological polar surface area (TPSA) is 43.8 Å². The maximum atomic E-state index is 11.4. The van der Waals surface area contributed by atoms with Crippen LogP contribution >= 0.6 is 11.6 Å². The lowest BCUT2D eigenvalue weighted by Crippen LogP contribution is -2.58. The number of carboxylic acid groups (broad SMARTS) is 1. The number of rotatable bonds is 2. The number of hydrogen-bond acceptors (Lipinski definition) is 3. The van der Waals surface area contributed by atoms with E-state index in [9.17, 15) is 9.90 Å². The Hall–Kier alpha value is -1.26. The van der Waals surface area contributed by atoms with Crippen LogP contribution in [0.2, 0.25) is 5.02 Å². The minimum atomic E-state index is -0.975. The molecular weight excluding hydrogens is 264 g/mol. The maximum Gasteiger partial charge on any atom is 0.339 e. The molecule has 0 saturated carbocycles. The van der Waals surface area contributed by atoms with Crippen LogP contribution in [0.4, 0.5) is 5.69 Å². The summed E-state index contributed by atoms with van der Waals surface area (Å²) in [6.07, 6.45) is 0. The zero-order valence-corrected chi connectivity index (χ0v) is 12.2. The minimum Gasteiger partial charge on any atom is -0.478 e. The number of aromatic carboxylic acids is 1. The van der Waals surface area contributed by atoms with Crippen molar-refractivity contribution in [3.63, 3.8) is 0 Å². The van der Waals surface area contributed by atoms with E-state index in [1.165, 1.54) is 0 Å². The quantitative estimate of drug-likeness (QED) is 0.905. The van der Waals surface area contributed by atoms with Crippen LogP contribution in [0, 0.1) is 0 Å². The smallest absolute Gasteiger partial charge is 0.339 e. The molecule has 5 heteroatoms. The minimum absolute atomic E-state index is 0.0103. The van der Waals surface area contributed by atoms with E-state index in [0.717, 1.165) is 19.6 Å². The van der Waals surface area contributed by atoms with E-state index in [1.807, 2.05) is 6.07 Å². The summed E-state index contributed by atoms with van der Waals surface area (Å²) < 4.78 is 0. The van der Waals surface area contributed by atoms with Crippen molar-refractivity contribution in [2.45, 2.75) is 19.4 Å². The van der Waals surface area contributed by atoms with Gasteiger partial charge in [0.05, 0.1) is 10.7 Å². The monoisotopic (exact) mass is 282 g/mol. The third kappa shape index (κ3) is 2.69. The van der Waals surface area contributed by atoms with E-state index < -0.39 is 5.97 Å². The van der Waals surface area contributed by atoms with Gasteiger partial charge in [0.25, 0.3) is 0 Å². The molecule has 19 heavy (non-hydrogen) atoms. The summed E-state index contributed by atoms with van der Waals surface area (Å²) in [4.78, 5) is 15.8. The van der Waals surface area contributed by atoms with Gasteiger partial charge in [-0.05, 0) is 33.0 Å². The number of halogens is 1. The van der Waals surface area contributed by atoms with Crippen LogP contribution in [0.25, 0.3) is 0 Å². The lowest BCUT2D eigenvalue weighted by molar-refractivity contribution is 0.0696. The molecule has 4 nitrogen and oxygen atoms in total. The molecule has 104 valence electrons. The summed E-state index contributed by atoms with van der Waals surface area (Å²) in [5, 5.41) is 9.63. The Bertz CT molecular complexity index is 502. The normalized spacial score (nSPS) is 19.5. The summed E-state index contributed by atoms with van der Waals surface area (Å²) in [5.41, 5.74) is 0.918. The van der Waals surface area contributed by atoms with Gasteiger partial charge in [0.15, 0.2) is 0 Å². The Morgan fingerprint density at radius 3 is 2.63 bits per heavy atom. The van der Waals surface area contributed by atoms with Gasteiger partial charge in [-0.2, -0.15) is 0 Å². The predicted octanol–water partition coefficient (Wildman–Crippen LogP) is 2.57. The molecule has 1 saturated heterocycles. The van der Waals surface area contributed by atoms with Gasteiger partial charge in [0, 0.05) is 25.2 Å². The zero-order chi connectivity index (χ0) is 14.2. The van der Waals surface area contributed by atoms with E-state index in [2.05, 4.69) is 30.7 Å². The van der Waals surface area contributed by atoms with Crippen molar-refractivity contribution in [3.8, 4) is 0 Å². The Labute approximate surface area is 118 Å². The predicted molar refractivity (Wildman–Crippen MR) is 77.3 cm³/mol. The number of carboxylic acids is 1. The van der Waals surface area contributed by atoms with Gasteiger partial charge in [-0.15, -0.1) is 0 Å². The molecule has 0 atom stereocenters. The van der Waals surface area contributed by atoms with Gasteiger partial charge in [-0.25, -0.2) is 4.79 Å². The largest absolute Gasteiger partial charge is 0.478 e. The summed E-state index contributed by atoms with van der Waals surface area (Å²) in [7, 11) is 2.09. The fraction of sp³-hybridized carbons (Fsp3) is 0.500. The summed E-state index contributed by atoms with van der Waals surface area (Å²) in [6, 6.07) is 5.25. The molecule has 1 aliphatic rings. The van der Waals surface area contributed by atoms with E-state index in [-0.39, 0.29) is 11.1 Å².